The van der Waals surface area contributed by atoms with E-state index < -0.39 is 0 Å². The number of likely N-dealkylation sites (tertiary alicyclic amines) is 1. The Morgan fingerprint density at radius 1 is 1.38 bits per heavy atom. The van der Waals surface area contributed by atoms with Crippen LogP contribution >= 0.6 is 0 Å². The lowest BCUT2D eigenvalue weighted by molar-refractivity contribution is 0.0874. The van der Waals surface area contributed by atoms with Crippen molar-refractivity contribution in [3.8, 4) is 0 Å². The predicted molar refractivity (Wildman–Crippen MR) is 87.1 cm³/mol. The molecule has 0 amide bonds. The second-order valence-corrected chi connectivity index (χ2v) is 5.42. The lowest BCUT2D eigenvalue weighted by Crippen LogP contribution is -2.30. The van der Waals surface area contributed by atoms with Gasteiger partial charge in [0.05, 0.1) is 12.2 Å². The third-order valence-electron chi connectivity index (χ3n) is 3.87. The Labute approximate surface area is 129 Å². The monoisotopic (exact) mass is 297 g/mol. The summed E-state index contributed by atoms with van der Waals surface area (Å²) in [5, 5.41) is 13.0. The van der Waals surface area contributed by atoms with Crippen LogP contribution in [0.2, 0.25) is 0 Å². The van der Waals surface area contributed by atoms with Gasteiger partial charge in [-0.05, 0) is 39.0 Å². The van der Waals surface area contributed by atoms with Crippen LogP contribution in [-0.2, 0) is 4.74 Å². The fraction of sp³-hybridized carbons (Fsp3) is 0.812. The summed E-state index contributed by atoms with van der Waals surface area (Å²) < 4.78 is 6.08. The molecular formula is C16H31N3O2. The number of aliphatic hydroxyl groups is 1. The maximum atomic E-state index is 9.81. The molecule has 0 saturated carbocycles. The summed E-state index contributed by atoms with van der Waals surface area (Å²) in [5.74, 6) is 1.58. The fourth-order valence-corrected chi connectivity index (χ4v) is 2.54. The zero-order valence-corrected chi connectivity index (χ0v) is 13.9. The molecule has 2 N–H and O–H groups in total. The van der Waals surface area contributed by atoms with Crippen molar-refractivity contribution in [1.82, 2.24) is 10.2 Å². The molecule has 1 heterocycles. The van der Waals surface area contributed by atoms with E-state index >= 15 is 0 Å². The van der Waals surface area contributed by atoms with Crippen molar-refractivity contribution in [2.75, 3.05) is 20.1 Å². The van der Waals surface area contributed by atoms with E-state index in [0.717, 1.165) is 56.9 Å². The molecule has 0 aromatic heterocycles. The van der Waals surface area contributed by atoms with Gasteiger partial charge in [0.2, 0.25) is 5.88 Å². The van der Waals surface area contributed by atoms with Crippen LogP contribution < -0.4 is 5.32 Å². The van der Waals surface area contributed by atoms with Gasteiger partial charge in [0, 0.05) is 26.4 Å². The van der Waals surface area contributed by atoms with Crippen molar-refractivity contribution >= 4 is 6.21 Å². The molecule has 122 valence electrons. The van der Waals surface area contributed by atoms with Crippen LogP contribution in [-0.4, -0.2) is 48.6 Å². The van der Waals surface area contributed by atoms with Crippen LogP contribution in [0.25, 0.3) is 0 Å². The lowest BCUT2D eigenvalue weighted by Gasteiger charge is -2.27. The molecule has 1 aliphatic heterocycles. The molecule has 1 aliphatic rings. The number of rotatable bonds is 7. The van der Waals surface area contributed by atoms with Crippen molar-refractivity contribution in [1.29, 1.82) is 0 Å². The highest BCUT2D eigenvalue weighted by Gasteiger charge is 2.21. The maximum Gasteiger partial charge on any atom is 0.231 e. The number of ether oxygens (including phenoxy) is 1. The van der Waals surface area contributed by atoms with E-state index in [9.17, 15) is 5.11 Å². The van der Waals surface area contributed by atoms with Gasteiger partial charge in [-0.25, -0.2) is 4.99 Å². The first-order chi connectivity index (χ1) is 10.2. The number of nitrogens with zero attached hydrogens (tertiary/aromatic N) is 2. The van der Waals surface area contributed by atoms with Crippen molar-refractivity contribution < 1.29 is 9.84 Å². The molecular weight excluding hydrogens is 266 g/mol. The van der Waals surface area contributed by atoms with Crippen LogP contribution in [0.15, 0.2) is 16.7 Å². The number of nitrogens with one attached hydrogen (secondary N) is 1. The van der Waals surface area contributed by atoms with Crippen molar-refractivity contribution in [3.63, 3.8) is 0 Å². The second kappa shape index (κ2) is 9.66. The Kier molecular flexibility index (Phi) is 8.20. The first-order valence-corrected chi connectivity index (χ1v) is 8.16. The molecule has 0 radical (unpaired) electrons. The summed E-state index contributed by atoms with van der Waals surface area (Å²) in [7, 11) is 1.87. The van der Waals surface area contributed by atoms with E-state index in [4.69, 9.17) is 4.74 Å². The predicted octanol–water partition coefficient (Wildman–Crippen LogP) is 2.48. The van der Waals surface area contributed by atoms with Crippen LogP contribution in [0.3, 0.4) is 0 Å². The summed E-state index contributed by atoms with van der Waals surface area (Å²) in [4.78, 5) is 6.73. The van der Waals surface area contributed by atoms with Gasteiger partial charge in [-0.2, -0.15) is 0 Å². The molecule has 0 spiro atoms. The van der Waals surface area contributed by atoms with Crippen molar-refractivity contribution in [2.45, 2.75) is 65.1 Å². The lowest BCUT2D eigenvalue weighted by atomic mass is 10.2. The van der Waals surface area contributed by atoms with Crippen LogP contribution in [0.5, 0.6) is 0 Å². The van der Waals surface area contributed by atoms with Crippen LogP contribution in [0.1, 0.15) is 52.9 Å². The summed E-state index contributed by atoms with van der Waals surface area (Å²) in [6, 6.07) is 0. The van der Waals surface area contributed by atoms with Gasteiger partial charge < -0.3 is 20.1 Å². The van der Waals surface area contributed by atoms with Gasteiger partial charge in [0.1, 0.15) is 0 Å². The van der Waals surface area contributed by atoms with Gasteiger partial charge in [-0.3, -0.25) is 0 Å². The van der Waals surface area contributed by atoms with E-state index in [1.54, 1.807) is 6.21 Å². The van der Waals surface area contributed by atoms with E-state index in [1.165, 1.54) is 0 Å². The summed E-state index contributed by atoms with van der Waals surface area (Å²) in [6.07, 6.45) is 6.38. The second-order valence-electron chi connectivity index (χ2n) is 5.42. The zero-order chi connectivity index (χ0) is 15.7. The highest BCUT2D eigenvalue weighted by Crippen LogP contribution is 2.20. The maximum absolute atomic E-state index is 9.81. The number of aliphatic imine (C=N–C) groups is 1. The normalized spacial score (nSPS) is 21.4. The van der Waals surface area contributed by atoms with Gasteiger partial charge in [-0.15, -0.1) is 0 Å². The Bertz CT molecular complexity index is 351. The molecule has 21 heavy (non-hydrogen) atoms. The highest BCUT2D eigenvalue weighted by molar-refractivity contribution is 5.55. The molecule has 0 bridgehead atoms. The molecule has 1 atom stereocenters. The first kappa shape index (κ1) is 17.8. The molecule has 1 rings (SSSR count). The van der Waals surface area contributed by atoms with E-state index in [2.05, 4.69) is 29.1 Å². The van der Waals surface area contributed by atoms with Crippen molar-refractivity contribution in [3.05, 3.63) is 11.7 Å². The molecule has 0 aliphatic carbocycles. The van der Waals surface area contributed by atoms with Gasteiger partial charge >= 0.3 is 0 Å². The number of hydrogen-bond acceptors (Lipinski definition) is 5. The van der Waals surface area contributed by atoms with Gasteiger partial charge in [0.15, 0.2) is 5.82 Å². The molecule has 5 heteroatoms. The minimum absolute atomic E-state index is 0.195. The van der Waals surface area contributed by atoms with E-state index in [0.29, 0.717) is 0 Å². The third kappa shape index (κ3) is 5.58. The van der Waals surface area contributed by atoms with E-state index in [1.807, 2.05) is 14.0 Å². The van der Waals surface area contributed by atoms with Gasteiger partial charge in [-0.1, -0.05) is 13.8 Å². The van der Waals surface area contributed by atoms with E-state index in [-0.39, 0.29) is 12.2 Å². The molecule has 1 unspecified atom stereocenters. The Morgan fingerprint density at radius 3 is 2.67 bits per heavy atom. The Morgan fingerprint density at radius 2 is 2.10 bits per heavy atom. The third-order valence-corrected chi connectivity index (χ3v) is 3.87. The summed E-state index contributed by atoms with van der Waals surface area (Å²) >= 11 is 0. The Balaban J connectivity index is 2.95. The molecule has 1 fully saturated rings. The van der Waals surface area contributed by atoms with Crippen LogP contribution in [0, 0.1) is 0 Å². The zero-order valence-electron chi connectivity index (χ0n) is 13.9. The van der Waals surface area contributed by atoms with Crippen LogP contribution in [0.4, 0.5) is 0 Å². The number of hydrogen-bond donors (Lipinski definition) is 2. The minimum atomic E-state index is -0.195. The van der Waals surface area contributed by atoms with Gasteiger partial charge in [0.25, 0.3) is 0 Å². The molecule has 5 nitrogen and oxygen atoms in total. The first-order valence-electron chi connectivity index (χ1n) is 8.16. The minimum Gasteiger partial charge on any atom is -0.473 e. The summed E-state index contributed by atoms with van der Waals surface area (Å²) in [5.41, 5.74) is 0. The quantitative estimate of drug-likeness (QED) is 0.560. The molecule has 0 aromatic carbocycles. The summed E-state index contributed by atoms with van der Waals surface area (Å²) in [6.45, 7) is 7.89. The topological polar surface area (TPSA) is 57.1 Å². The fourth-order valence-electron chi connectivity index (χ4n) is 2.54. The molecule has 0 aromatic rings. The Hall–Kier alpha value is -1.23. The van der Waals surface area contributed by atoms with Crippen molar-refractivity contribution in [2.24, 2.45) is 4.99 Å². The average molecular weight is 297 g/mol. The SMILES string of the molecule is C/C=N\C(=C(/NC)OC(CC)CC)N1CCCC(O)CC1. The number of aliphatic hydroxyl groups excluding tert-OH is 1. The standard InChI is InChI=1S/C16H31N3O2/c1-5-14(6-2)21-16(17-4)15(18-7-3)19-11-8-9-13(20)10-12-19/h7,13-14,17,20H,5-6,8-12H2,1-4H3/b16-15-,18-7-. The largest absolute Gasteiger partial charge is 0.473 e. The average Bonchev–Trinajstić information content (AvgIpc) is 2.71. The molecule has 1 saturated heterocycles. The smallest absolute Gasteiger partial charge is 0.231 e. The highest BCUT2D eigenvalue weighted by atomic mass is 16.5.